The van der Waals surface area contributed by atoms with Gasteiger partial charge in [-0.25, -0.2) is 0 Å². The third-order valence-corrected chi connectivity index (χ3v) is 1.62. The molecule has 0 aromatic carbocycles. The molecule has 0 heterocycles. The van der Waals surface area contributed by atoms with Crippen molar-refractivity contribution in [3.8, 4) is 0 Å². The Morgan fingerprint density at radius 2 is 1.67 bits per heavy atom. The van der Waals surface area contributed by atoms with Gasteiger partial charge in [0.05, 0.1) is 26.4 Å². The summed E-state index contributed by atoms with van der Waals surface area (Å²) in [7, 11) is 0. The molecule has 3 N–H and O–H groups in total. The van der Waals surface area contributed by atoms with Crippen molar-refractivity contribution in [3.05, 3.63) is 0 Å². The van der Waals surface area contributed by atoms with Gasteiger partial charge in [-0.05, 0) is 6.92 Å². The average Bonchev–Trinajstić information content (AvgIpc) is 2.09. The first-order chi connectivity index (χ1) is 5.66. The van der Waals surface area contributed by atoms with E-state index in [9.17, 15) is 4.79 Å². The van der Waals surface area contributed by atoms with Crippen LogP contribution in [-0.4, -0.2) is 47.7 Å². The molecule has 0 saturated carbocycles. The summed E-state index contributed by atoms with van der Waals surface area (Å²) in [6, 6.07) is 0. The molecule has 5 nitrogen and oxygen atoms in total. The highest BCUT2D eigenvalue weighted by Crippen LogP contribution is 2.16. The van der Waals surface area contributed by atoms with E-state index in [-0.39, 0.29) is 6.61 Å². The number of hydrogen-bond acceptors (Lipinski definition) is 5. The van der Waals surface area contributed by atoms with Crippen molar-refractivity contribution in [1.29, 1.82) is 0 Å². The molecule has 0 aromatic heterocycles. The molecular formula is C7H14O5. The van der Waals surface area contributed by atoms with Crippen LogP contribution in [0.1, 0.15) is 6.92 Å². The molecule has 5 heteroatoms. The normalized spacial score (nSPS) is 11.3. The maximum absolute atomic E-state index is 11.1. The first-order valence-corrected chi connectivity index (χ1v) is 3.66. The summed E-state index contributed by atoms with van der Waals surface area (Å²) in [6.07, 6.45) is 0. The lowest BCUT2D eigenvalue weighted by Crippen LogP contribution is -2.43. The van der Waals surface area contributed by atoms with Crippen LogP contribution in [0, 0.1) is 5.41 Å². The fourth-order valence-corrected chi connectivity index (χ4v) is 0.628. The van der Waals surface area contributed by atoms with E-state index in [1.807, 2.05) is 0 Å². The van der Waals surface area contributed by atoms with Crippen LogP contribution in [-0.2, 0) is 9.53 Å². The predicted molar refractivity (Wildman–Crippen MR) is 40.3 cm³/mol. The van der Waals surface area contributed by atoms with Crippen molar-refractivity contribution < 1.29 is 24.9 Å². The maximum atomic E-state index is 11.1. The van der Waals surface area contributed by atoms with Crippen molar-refractivity contribution in [2.75, 3.05) is 26.4 Å². The second kappa shape index (κ2) is 5.08. The zero-order valence-corrected chi connectivity index (χ0v) is 6.99. The minimum Gasteiger partial charge on any atom is -0.465 e. The summed E-state index contributed by atoms with van der Waals surface area (Å²) in [5.41, 5.74) is -1.56. The van der Waals surface area contributed by atoms with Gasteiger partial charge in [-0.15, -0.1) is 0 Å². The van der Waals surface area contributed by atoms with Crippen molar-refractivity contribution in [3.63, 3.8) is 0 Å². The van der Waals surface area contributed by atoms with Crippen LogP contribution in [0.15, 0.2) is 0 Å². The van der Waals surface area contributed by atoms with Gasteiger partial charge in [-0.3, -0.25) is 4.79 Å². The standard InChI is InChI=1S/C7H14O5/c1-2-12-6(11)7(3-8,4-9)5-10/h8-10H,2-5H2,1H3. The maximum Gasteiger partial charge on any atom is 0.319 e. The molecule has 0 fully saturated rings. The largest absolute Gasteiger partial charge is 0.465 e. The molecule has 0 atom stereocenters. The highest BCUT2D eigenvalue weighted by Gasteiger charge is 2.38. The predicted octanol–water partition coefficient (Wildman–Crippen LogP) is -1.49. The third-order valence-electron chi connectivity index (χ3n) is 1.62. The van der Waals surface area contributed by atoms with Crippen LogP contribution in [0.2, 0.25) is 0 Å². The molecule has 0 aliphatic carbocycles. The number of hydrogen-bond donors (Lipinski definition) is 3. The Morgan fingerprint density at radius 3 is 1.92 bits per heavy atom. The molecule has 0 bridgehead atoms. The van der Waals surface area contributed by atoms with Gasteiger partial charge in [0.15, 0.2) is 0 Å². The molecule has 0 spiro atoms. The average molecular weight is 178 g/mol. The van der Waals surface area contributed by atoms with Crippen LogP contribution in [0.4, 0.5) is 0 Å². The topological polar surface area (TPSA) is 87.0 Å². The monoisotopic (exact) mass is 178 g/mol. The molecule has 12 heavy (non-hydrogen) atoms. The fraction of sp³-hybridized carbons (Fsp3) is 0.857. The van der Waals surface area contributed by atoms with E-state index < -0.39 is 31.2 Å². The minimum absolute atomic E-state index is 0.153. The summed E-state index contributed by atoms with van der Waals surface area (Å²) in [5, 5.41) is 26.3. The van der Waals surface area contributed by atoms with E-state index >= 15 is 0 Å². The van der Waals surface area contributed by atoms with E-state index in [0.29, 0.717) is 0 Å². The van der Waals surface area contributed by atoms with Crippen molar-refractivity contribution in [2.24, 2.45) is 5.41 Å². The number of ether oxygens (including phenoxy) is 1. The molecule has 0 aliphatic heterocycles. The number of carbonyl (C=O) groups excluding carboxylic acids is 1. The molecule has 0 amide bonds. The zero-order valence-electron chi connectivity index (χ0n) is 6.99. The summed E-state index contributed by atoms with van der Waals surface area (Å²) >= 11 is 0. The number of aliphatic hydroxyl groups excluding tert-OH is 3. The van der Waals surface area contributed by atoms with Crippen LogP contribution >= 0.6 is 0 Å². The van der Waals surface area contributed by atoms with Gasteiger partial charge in [0, 0.05) is 0 Å². The van der Waals surface area contributed by atoms with Gasteiger partial charge in [0.25, 0.3) is 0 Å². The lowest BCUT2D eigenvalue weighted by atomic mass is 9.91. The molecule has 0 rings (SSSR count). The zero-order chi connectivity index (χ0) is 9.61. The lowest BCUT2D eigenvalue weighted by molar-refractivity contribution is -0.164. The summed E-state index contributed by atoms with van der Waals surface area (Å²) in [4.78, 5) is 11.1. The number of rotatable bonds is 5. The Hall–Kier alpha value is -0.650. The van der Waals surface area contributed by atoms with Gasteiger partial charge in [-0.2, -0.15) is 0 Å². The van der Waals surface area contributed by atoms with Crippen LogP contribution in [0.3, 0.4) is 0 Å². The van der Waals surface area contributed by atoms with E-state index in [1.54, 1.807) is 6.92 Å². The molecule has 0 aromatic rings. The van der Waals surface area contributed by atoms with E-state index in [0.717, 1.165) is 0 Å². The summed E-state index contributed by atoms with van der Waals surface area (Å²) in [5.74, 6) is -0.780. The van der Waals surface area contributed by atoms with Gasteiger partial charge < -0.3 is 20.1 Å². The Balaban J connectivity index is 4.36. The summed E-state index contributed by atoms with van der Waals surface area (Å²) < 4.78 is 4.56. The molecule has 0 aliphatic rings. The van der Waals surface area contributed by atoms with Gasteiger partial charge in [0.2, 0.25) is 0 Å². The first-order valence-electron chi connectivity index (χ1n) is 3.66. The smallest absolute Gasteiger partial charge is 0.319 e. The third kappa shape index (κ3) is 2.17. The molecular weight excluding hydrogens is 164 g/mol. The minimum atomic E-state index is -1.56. The van der Waals surface area contributed by atoms with Crippen LogP contribution in [0.25, 0.3) is 0 Å². The van der Waals surface area contributed by atoms with E-state index in [1.165, 1.54) is 0 Å². The second-order valence-electron chi connectivity index (χ2n) is 2.48. The van der Waals surface area contributed by atoms with Crippen molar-refractivity contribution >= 4 is 5.97 Å². The van der Waals surface area contributed by atoms with Crippen LogP contribution < -0.4 is 0 Å². The Labute approximate surface area is 70.6 Å². The summed E-state index contributed by atoms with van der Waals surface area (Å²) in [6.45, 7) is -0.119. The van der Waals surface area contributed by atoms with Crippen LogP contribution in [0.5, 0.6) is 0 Å². The molecule has 72 valence electrons. The van der Waals surface area contributed by atoms with Gasteiger partial charge in [0.1, 0.15) is 5.41 Å². The first kappa shape index (κ1) is 11.4. The SMILES string of the molecule is CCOC(=O)C(CO)(CO)CO. The number of esters is 1. The van der Waals surface area contributed by atoms with Gasteiger partial charge >= 0.3 is 5.97 Å². The number of aliphatic hydroxyl groups is 3. The van der Waals surface area contributed by atoms with Crippen molar-refractivity contribution in [1.82, 2.24) is 0 Å². The Bertz CT molecular complexity index is 132. The lowest BCUT2D eigenvalue weighted by Gasteiger charge is -2.24. The Morgan fingerprint density at radius 1 is 1.25 bits per heavy atom. The second-order valence-corrected chi connectivity index (χ2v) is 2.48. The number of carbonyl (C=O) groups is 1. The fourth-order valence-electron chi connectivity index (χ4n) is 0.628. The quantitative estimate of drug-likeness (QED) is 0.446. The highest BCUT2D eigenvalue weighted by molar-refractivity contribution is 5.77. The molecule has 0 unspecified atom stereocenters. The Kier molecular flexibility index (Phi) is 4.80. The van der Waals surface area contributed by atoms with E-state index in [4.69, 9.17) is 15.3 Å². The molecule has 0 radical (unpaired) electrons. The molecule has 0 saturated heterocycles. The highest BCUT2D eigenvalue weighted by atomic mass is 16.5. The van der Waals surface area contributed by atoms with E-state index in [2.05, 4.69) is 4.74 Å². The van der Waals surface area contributed by atoms with Gasteiger partial charge in [-0.1, -0.05) is 0 Å². The van der Waals surface area contributed by atoms with Crippen molar-refractivity contribution in [2.45, 2.75) is 6.92 Å².